The number of carbonyl (C=O) groups is 1. The molecule has 2 aliphatic rings. The van der Waals surface area contributed by atoms with E-state index < -0.39 is 20.1 Å². The molecule has 0 radical (unpaired) electrons. The molecule has 0 N–H and O–H groups in total. The van der Waals surface area contributed by atoms with Crippen LogP contribution in [-0.4, -0.2) is 39.2 Å². The van der Waals surface area contributed by atoms with Gasteiger partial charge in [-0.1, -0.05) is 0 Å². The number of rotatable bonds is 3. The highest BCUT2D eigenvalue weighted by molar-refractivity contribution is 8.14. The minimum atomic E-state index is -3.80. The van der Waals surface area contributed by atoms with Crippen LogP contribution in [0.5, 0.6) is 0 Å². The number of benzene rings is 1. The molecule has 126 valence electrons. The maximum atomic E-state index is 14.4. The molecule has 23 heavy (non-hydrogen) atoms. The van der Waals surface area contributed by atoms with E-state index in [4.69, 9.17) is 10.7 Å². The van der Waals surface area contributed by atoms with Crippen LogP contribution in [0, 0.1) is 5.82 Å². The maximum absolute atomic E-state index is 14.4. The molecule has 1 atom stereocenters. The Morgan fingerprint density at radius 2 is 1.87 bits per heavy atom. The molecule has 1 aromatic rings. The van der Waals surface area contributed by atoms with Crippen molar-refractivity contribution in [3.63, 3.8) is 0 Å². The quantitative estimate of drug-likeness (QED) is 0.777. The standard InChI is InChI=1S/C15H18ClFN2O3S/c16-23(21,22)12-9-15(20)19(10-12)11-4-5-14(13(17)8-11)18-6-2-1-3-7-18/h4-5,8,12H,1-3,6-7,9-10H2. The molecule has 2 fully saturated rings. The van der Waals surface area contributed by atoms with Crippen molar-refractivity contribution in [2.45, 2.75) is 30.9 Å². The van der Waals surface area contributed by atoms with E-state index in [1.807, 2.05) is 4.90 Å². The van der Waals surface area contributed by atoms with Crippen molar-refractivity contribution >= 4 is 37.0 Å². The summed E-state index contributed by atoms with van der Waals surface area (Å²) in [5.41, 5.74) is 0.901. The number of hydrogen-bond donors (Lipinski definition) is 0. The summed E-state index contributed by atoms with van der Waals surface area (Å²) in [5.74, 6) is -0.751. The molecule has 1 unspecified atom stereocenters. The molecule has 0 aliphatic carbocycles. The normalized spacial score (nSPS) is 22.7. The van der Waals surface area contributed by atoms with Crippen LogP contribution in [0.2, 0.25) is 0 Å². The van der Waals surface area contributed by atoms with Gasteiger partial charge < -0.3 is 9.80 Å². The Balaban J connectivity index is 1.81. The molecule has 2 aliphatic heterocycles. The van der Waals surface area contributed by atoms with Crippen molar-refractivity contribution in [2.24, 2.45) is 0 Å². The van der Waals surface area contributed by atoms with Gasteiger partial charge in [-0.05, 0) is 37.5 Å². The topological polar surface area (TPSA) is 57.7 Å². The summed E-state index contributed by atoms with van der Waals surface area (Å²) < 4.78 is 37.2. The first-order valence-corrected chi connectivity index (χ1v) is 10.0. The zero-order valence-corrected chi connectivity index (χ0v) is 14.1. The average molecular weight is 361 g/mol. The number of amides is 1. The highest BCUT2D eigenvalue weighted by atomic mass is 35.7. The fourth-order valence-corrected chi connectivity index (χ4v) is 4.19. The van der Waals surface area contributed by atoms with Crippen molar-refractivity contribution in [2.75, 3.05) is 29.4 Å². The Morgan fingerprint density at radius 3 is 2.43 bits per heavy atom. The van der Waals surface area contributed by atoms with Crippen molar-refractivity contribution < 1.29 is 17.6 Å². The average Bonchev–Trinajstić information content (AvgIpc) is 2.90. The van der Waals surface area contributed by atoms with E-state index in [9.17, 15) is 17.6 Å². The minimum Gasteiger partial charge on any atom is -0.369 e. The van der Waals surface area contributed by atoms with Gasteiger partial charge in [0.15, 0.2) is 0 Å². The Labute approximate surface area is 139 Å². The SMILES string of the molecule is O=C1CC(S(=O)(=O)Cl)CN1c1ccc(N2CCCCC2)c(F)c1. The van der Waals surface area contributed by atoms with Gasteiger partial charge in [-0.15, -0.1) is 0 Å². The zero-order valence-electron chi connectivity index (χ0n) is 12.5. The zero-order chi connectivity index (χ0) is 16.6. The summed E-state index contributed by atoms with van der Waals surface area (Å²) in [6, 6.07) is 4.62. The largest absolute Gasteiger partial charge is 0.369 e. The summed E-state index contributed by atoms with van der Waals surface area (Å²) in [7, 11) is 1.52. The lowest BCUT2D eigenvalue weighted by molar-refractivity contribution is -0.117. The number of hydrogen-bond acceptors (Lipinski definition) is 4. The first kappa shape index (κ1) is 16.5. The lowest BCUT2D eigenvalue weighted by Gasteiger charge is -2.29. The molecule has 3 rings (SSSR count). The fraction of sp³-hybridized carbons (Fsp3) is 0.533. The van der Waals surface area contributed by atoms with E-state index in [2.05, 4.69) is 0 Å². The third-order valence-corrected chi connectivity index (χ3v) is 6.30. The van der Waals surface area contributed by atoms with Crippen LogP contribution in [0.3, 0.4) is 0 Å². The van der Waals surface area contributed by atoms with Gasteiger partial charge in [0.2, 0.25) is 15.0 Å². The Hall–Kier alpha value is -1.34. The third kappa shape index (κ3) is 3.45. The van der Waals surface area contributed by atoms with E-state index in [0.29, 0.717) is 11.4 Å². The van der Waals surface area contributed by atoms with E-state index in [-0.39, 0.29) is 18.9 Å². The van der Waals surface area contributed by atoms with Crippen LogP contribution >= 0.6 is 10.7 Å². The third-order valence-electron chi connectivity index (χ3n) is 4.43. The van der Waals surface area contributed by atoms with E-state index >= 15 is 0 Å². The smallest absolute Gasteiger partial charge is 0.237 e. The highest BCUT2D eigenvalue weighted by Crippen LogP contribution is 2.31. The highest BCUT2D eigenvalue weighted by Gasteiger charge is 2.38. The lowest BCUT2D eigenvalue weighted by atomic mass is 10.1. The van der Waals surface area contributed by atoms with E-state index in [1.54, 1.807) is 12.1 Å². The molecule has 0 saturated carbocycles. The number of halogens is 2. The number of piperidine rings is 1. The Bertz CT molecular complexity index is 719. The van der Waals surface area contributed by atoms with Crippen LogP contribution in [0.4, 0.5) is 15.8 Å². The molecule has 0 spiro atoms. The minimum absolute atomic E-state index is 0.0346. The van der Waals surface area contributed by atoms with Gasteiger partial charge >= 0.3 is 0 Å². The van der Waals surface area contributed by atoms with Gasteiger partial charge in [0, 0.05) is 42.4 Å². The van der Waals surface area contributed by atoms with Crippen LogP contribution in [0.15, 0.2) is 18.2 Å². The number of nitrogens with zero attached hydrogens (tertiary/aromatic N) is 2. The van der Waals surface area contributed by atoms with Crippen molar-refractivity contribution in [1.82, 2.24) is 0 Å². The molecule has 1 amide bonds. The molecule has 2 saturated heterocycles. The second-order valence-electron chi connectivity index (χ2n) is 5.99. The van der Waals surface area contributed by atoms with Crippen molar-refractivity contribution in [3.05, 3.63) is 24.0 Å². The Morgan fingerprint density at radius 1 is 1.17 bits per heavy atom. The summed E-state index contributed by atoms with van der Waals surface area (Å²) in [4.78, 5) is 15.3. The second-order valence-corrected chi connectivity index (χ2v) is 8.90. The molecule has 0 bridgehead atoms. The Kier molecular flexibility index (Phi) is 4.51. The lowest BCUT2D eigenvalue weighted by Crippen LogP contribution is -2.30. The van der Waals surface area contributed by atoms with Gasteiger partial charge in [-0.25, -0.2) is 12.8 Å². The number of carbonyl (C=O) groups excluding carboxylic acids is 1. The molecule has 1 aromatic carbocycles. The van der Waals surface area contributed by atoms with Gasteiger partial charge in [0.05, 0.1) is 5.69 Å². The summed E-state index contributed by atoms with van der Waals surface area (Å²) in [6.07, 6.45) is 3.08. The monoisotopic (exact) mass is 360 g/mol. The van der Waals surface area contributed by atoms with Gasteiger partial charge in [-0.2, -0.15) is 0 Å². The van der Waals surface area contributed by atoms with Gasteiger partial charge in [-0.3, -0.25) is 4.79 Å². The first-order valence-electron chi connectivity index (χ1n) is 7.64. The molecule has 2 heterocycles. The molecular formula is C15H18ClFN2O3S. The van der Waals surface area contributed by atoms with Crippen LogP contribution in [-0.2, 0) is 13.8 Å². The van der Waals surface area contributed by atoms with Gasteiger partial charge in [0.1, 0.15) is 11.1 Å². The molecule has 8 heteroatoms. The van der Waals surface area contributed by atoms with E-state index in [1.165, 1.54) is 11.0 Å². The van der Waals surface area contributed by atoms with E-state index in [0.717, 1.165) is 32.4 Å². The maximum Gasteiger partial charge on any atom is 0.237 e. The first-order chi connectivity index (χ1) is 10.9. The predicted octanol–water partition coefficient (Wildman–Crippen LogP) is 2.49. The van der Waals surface area contributed by atoms with Crippen LogP contribution in [0.25, 0.3) is 0 Å². The van der Waals surface area contributed by atoms with Crippen molar-refractivity contribution in [1.29, 1.82) is 0 Å². The fourth-order valence-electron chi connectivity index (χ4n) is 3.17. The molecule has 5 nitrogen and oxygen atoms in total. The van der Waals surface area contributed by atoms with Crippen LogP contribution in [0.1, 0.15) is 25.7 Å². The van der Waals surface area contributed by atoms with Crippen LogP contribution < -0.4 is 9.80 Å². The summed E-state index contributed by atoms with van der Waals surface area (Å²) in [6.45, 7) is 1.62. The summed E-state index contributed by atoms with van der Waals surface area (Å²) >= 11 is 0. The molecule has 0 aromatic heterocycles. The second kappa shape index (κ2) is 6.28. The summed E-state index contributed by atoms with van der Waals surface area (Å²) in [5, 5.41) is -0.943. The predicted molar refractivity (Wildman–Crippen MR) is 88.0 cm³/mol. The molecular weight excluding hydrogens is 343 g/mol. The van der Waals surface area contributed by atoms with Gasteiger partial charge in [0.25, 0.3) is 0 Å². The van der Waals surface area contributed by atoms with Crippen molar-refractivity contribution in [3.8, 4) is 0 Å². The number of anilines is 2.